The minimum Gasteiger partial charge on any atom is -0.493 e. The highest BCUT2D eigenvalue weighted by Gasteiger charge is 2.28. The second-order valence-corrected chi connectivity index (χ2v) is 9.02. The molecule has 0 radical (unpaired) electrons. The number of imide groups is 1. The van der Waals surface area contributed by atoms with E-state index in [1.165, 1.54) is 25.2 Å². The van der Waals surface area contributed by atoms with Crippen LogP contribution in [0.15, 0.2) is 17.3 Å². The normalized spacial score (nSPS) is 14.9. The molecule has 33 heavy (non-hydrogen) atoms. The molecule has 3 rings (SSSR count). The van der Waals surface area contributed by atoms with Crippen molar-refractivity contribution in [2.75, 3.05) is 28.4 Å². The molecule has 0 spiro atoms. The lowest BCUT2D eigenvalue weighted by atomic mass is 9.95. The summed E-state index contributed by atoms with van der Waals surface area (Å²) in [6.45, 7) is 1.74. The van der Waals surface area contributed by atoms with Gasteiger partial charge in [0.1, 0.15) is 0 Å². The van der Waals surface area contributed by atoms with Crippen LogP contribution >= 0.6 is 11.8 Å². The Labute approximate surface area is 197 Å². The van der Waals surface area contributed by atoms with Crippen LogP contribution in [0.1, 0.15) is 45.1 Å². The van der Waals surface area contributed by atoms with Crippen molar-refractivity contribution < 1.29 is 23.8 Å². The highest BCUT2D eigenvalue weighted by atomic mass is 32.2. The van der Waals surface area contributed by atoms with Crippen molar-refractivity contribution in [2.45, 2.75) is 55.5 Å². The fraction of sp³-hybridized carbons (Fsp3) is 0.545. The lowest BCUT2D eigenvalue weighted by Crippen LogP contribution is -2.41. The van der Waals surface area contributed by atoms with E-state index >= 15 is 0 Å². The third-order valence-corrected chi connectivity index (χ3v) is 6.70. The van der Waals surface area contributed by atoms with Crippen molar-refractivity contribution in [3.05, 3.63) is 12.1 Å². The summed E-state index contributed by atoms with van der Waals surface area (Å²) in [6.07, 6.45) is 5.44. The van der Waals surface area contributed by atoms with Crippen LogP contribution in [-0.4, -0.2) is 60.3 Å². The van der Waals surface area contributed by atoms with E-state index in [1.54, 1.807) is 28.3 Å². The number of thioether (sulfide) groups is 1. The average Bonchev–Trinajstić information content (AvgIpc) is 3.26. The quantitative estimate of drug-likeness (QED) is 0.556. The smallest absolute Gasteiger partial charge is 0.321 e. The van der Waals surface area contributed by atoms with Crippen molar-refractivity contribution in [1.29, 1.82) is 0 Å². The molecule has 0 bridgehead atoms. The number of urea groups is 1. The number of amides is 3. The number of carbonyl (C=O) groups is 2. The van der Waals surface area contributed by atoms with Gasteiger partial charge in [0.05, 0.1) is 26.6 Å². The van der Waals surface area contributed by atoms with Gasteiger partial charge in [-0.1, -0.05) is 31.0 Å². The van der Waals surface area contributed by atoms with Crippen LogP contribution < -0.4 is 24.8 Å². The molecule has 3 amide bonds. The van der Waals surface area contributed by atoms with Gasteiger partial charge in [-0.15, -0.1) is 10.2 Å². The summed E-state index contributed by atoms with van der Waals surface area (Å²) in [5.41, 5.74) is 0.775. The van der Waals surface area contributed by atoms with Crippen molar-refractivity contribution in [3.63, 3.8) is 0 Å². The first-order valence-electron chi connectivity index (χ1n) is 10.9. The summed E-state index contributed by atoms with van der Waals surface area (Å²) in [6, 6.07) is 3.36. The minimum absolute atomic E-state index is 0.208. The molecule has 1 atom stereocenters. The summed E-state index contributed by atoms with van der Waals surface area (Å²) >= 11 is 1.28. The van der Waals surface area contributed by atoms with Crippen LogP contribution in [0.25, 0.3) is 11.4 Å². The van der Waals surface area contributed by atoms with Crippen molar-refractivity contribution in [1.82, 2.24) is 25.4 Å². The molecule has 1 saturated carbocycles. The molecule has 2 aromatic rings. The second-order valence-electron chi connectivity index (χ2n) is 7.71. The maximum absolute atomic E-state index is 12.4. The van der Waals surface area contributed by atoms with Gasteiger partial charge in [0.25, 0.3) is 0 Å². The number of benzene rings is 1. The molecule has 11 heteroatoms. The zero-order valence-corrected chi connectivity index (χ0v) is 20.5. The molecule has 1 heterocycles. The number of hydrogen-bond donors (Lipinski definition) is 2. The molecule has 10 nitrogen and oxygen atoms in total. The van der Waals surface area contributed by atoms with Crippen LogP contribution in [0.3, 0.4) is 0 Å². The second kappa shape index (κ2) is 11.3. The molecule has 0 saturated heterocycles. The summed E-state index contributed by atoms with van der Waals surface area (Å²) in [7, 11) is 6.16. The van der Waals surface area contributed by atoms with Crippen LogP contribution in [0, 0.1) is 0 Å². The Balaban J connectivity index is 2.02. The molecule has 180 valence electrons. The third-order valence-electron chi connectivity index (χ3n) is 5.64. The number of nitrogens with zero attached hydrogens (tertiary/aromatic N) is 3. The van der Waals surface area contributed by atoms with Crippen molar-refractivity contribution in [3.8, 4) is 28.6 Å². The van der Waals surface area contributed by atoms with E-state index in [-0.39, 0.29) is 6.04 Å². The standard InChI is InChI=1S/C22H31N5O5S/c1-13(20(28)24-21(29)23-2)33-22-26-25-19(27(22)15-9-7-6-8-10-15)14-11-16(30-3)18(32-5)17(12-14)31-4/h11-13,15H,6-10H2,1-5H3,(H2,23,24,28,29)/t13-/m1/s1. The van der Waals surface area contributed by atoms with Gasteiger partial charge in [0.2, 0.25) is 11.7 Å². The number of rotatable bonds is 8. The van der Waals surface area contributed by atoms with Crippen LogP contribution in [-0.2, 0) is 4.79 Å². The first-order chi connectivity index (χ1) is 15.9. The van der Waals surface area contributed by atoms with Gasteiger partial charge in [0, 0.05) is 18.7 Å². The molecule has 0 aliphatic heterocycles. The number of ether oxygens (including phenoxy) is 3. The molecule has 1 aromatic heterocycles. The number of aromatic nitrogens is 3. The Morgan fingerprint density at radius 2 is 1.70 bits per heavy atom. The monoisotopic (exact) mass is 477 g/mol. The van der Waals surface area contributed by atoms with Gasteiger partial charge >= 0.3 is 6.03 Å². The van der Waals surface area contributed by atoms with E-state index in [4.69, 9.17) is 14.2 Å². The Bertz CT molecular complexity index is 965. The zero-order chi connectivity index (χ0) is 24.0. The zero-order valence-electron chi connectivity index (χ0n) is 19.6. The molecule has 1 fully saturated rings. The lowest BCUT2D eigenvalue weighted by Gasteiger charge is -2.26. The SMILES string of the molecule is CNC(=O)NC(=O)[C@@H](C)Sc1nnc(-c2cc(OC)c(OC)c(OC)c2)n1C1CCCCC1. The number of methoxy groups -OCH3 is 3. The Morgan fingerprint density at radius 3 is 2.24 bits per heavy atom. The Morgan fingerprint density at radius 1 is 1.06 bits per heavy atom. The van der Waals surface area contributed by atoms with Crippen molar-refractivity contribution >= 4 is 23.7 Å². The Hall–Kier alpha value is -2.95. The fourth-order valence-electron chi connectivity index (χ4n) is 3.92. The maximum Gasteiger partial charge on any atom is 0.321 e. The maximum atomic E-state index is 12.4. The molecule has 2 N–H and O–H groups in total. The van der Waals surface area contributed by atoms with Gasteiger partial charge < -0.3 is 19.5 Å². The van der Waals surface area contributed by atoms with Gasteiger partial charge in [-0.25, -0.2) is 4.79 Å². The minimum atomic E-state index is -0.542. The predicted octanol–water partition coefficient (Wildman–Crippen LogP) is 3.41. The van der Waals surface area contributed by atoms with Gasteiger partial charge in [-0.05, 0) is 31.9 Å². The summed E-state index contributed by atoms with van der Waals surface area (Å²) in [4.78, 5) is 24.0. The van der Waals surface area contributed by atoms with Crippen LogP contribution in [0.4, 0.5) is 4.79 Å². The number of carbonyl (C=O) groups excluding carboxylic acids is 2. The summed E-state index contributed by atoms with van der Waals surface area (Å²) < 4.78 is 18.6. The molecule has 1 aliphatic rings. The largest absolute Gasteiger partial charge is 0.493 e. The topological polar surface area (TPSA) is 117 Å². The van der Waals surface area contributed by atoms with Crippen LogP contribution in [0.2, 0.25) is 0 Å². The van der Waals surface area contributed by atoms with Gasteiger partial charge in [0.15, 0.2) is 22.5 Å². The molecular weight excluding hydrogens is 446 g/mol. The molecule has 0 unspecified atom stereocenters. The number of nitrogens with one attached hydrogen (secondary N) is 2. The van der Waals surface area contributed by atoms with E-state index in [9.17, 15) is 9.59 Å². The molecule has 1 aliphatic carbocycles. The third kappa shape index (κ3) is 5.52. The van der Waals surface area contributed by atoms with E-state index in [0.717, 1.165) is 31.2 Å². The fourth-order valence-corrected chi connectivity index (χ4v) is 4.84. The summed E-state index contributed by atoms with van der Waals surface area (Å²) in [5, 5.41) is 13.7. The van der Waals surface area contributed by atoms with E-state index in [2.05, 4.69) is 25.4 Å². The van der Waals surface area contributed by atoms with E-state index in [1.807, 2.05) is 12.1 Å². The van der Waals surface area contributed by atoms with Gasteiger partial charge in [-0.3, -0.25) is 14.7 Å². The Kier molecular flexibility index (Phi) is 8.43. The predicted molar refractivity (Wildman–Crippen MR) is 125 cm³/mol. The summed E-state index contributed by atoms with van der Waals surface area (Å²) in [5.74, 6) is 1.83. The van der Waals surface area contributed by atoms with E-state index < -0.39 is 17.2 Å². The van der Waals surface area contributed by atoms with Crippen LogP contribution in [0.5, 0.6) is 17.2 Å². The lowest BCUT2D eigenvalue weighted by molar-refractivity contribution is -0.119. The highest BCUT2D eigenvalue weighted by molar-refractivity contribution is 8.00. The molecule has 1 aromatic carbocycles. The number of hydrogen-bond acceptors (Lipinski definition) is 8. The first-order valence-corrected chi connectivity index (χ1v) is 11.8. The average molecular weight is 478 g/mol. The highest BCUT2D eigenvalue weighted by Crippen LogP contribution is 2.43. The van der Waals surface area contributed by atoms with E-state index in [0.29, 0.717) is 28.2 Å². The molecular formula is C22H31N5O5S. The van der Waals surface area contributed by atoms with Crippen molar-refractivity contribution in [2.24, 2.45) is 0 Å². The van der Waals surface area contributed by atoms with Gasteiger partial charge in [-0.2, -0.15) is 0 Å². The first kappa shape index (κ1) is 24.7.